The van der Waals surface area contributed by atoms with Crippen LogP contribution in [-0.2, 0) is 12.8 Å². The molecule has 0 amide bonds. The molecule has 0 fully saturated rings. The molecule has 1 atom stereocenters. The fraction of sp³-hybridized carbons (Fsp3) is 0.333. The number of thioether (sulfide) groups is 1. The number of benzene rings is 2. The molecule has 1 heterocycles. The highest BCUT2D eigenvalue weighted by molar-refractivity contribution is 7.98. The van der Waals surface area contributed by atoms with E-state index in [2.05, 4.69) is 41.4 Å². The van der Waals surface area contributed by atoms with E-state index >= 15 is 0 Å². The highest BCUT2D eigenvalue weighted by Crippen LogP contribution is 2.30. The number of ether oxygens (including phenoxy) is 1. The highest BCUT2D eigenvalue weighted by Gasteiger charge is 2.18. The minimum atomic E-state index is -0.213. The van der Waals surface area contributed by atoms with Crippen LogP contribution in [0.4, 0.5) is 0 Å². The van der Waals surface area contributed by atoms with Crippen molar-refractivity contribution in [3.63, 3.8) is 0 Å². The lowest BCUT2D eigenvalue weighted by molar-refractivity contribution is 0.211. The molecule has 3 aromatic rings. The van der Waals surface area contributed by atoms with E-state index in [1.54, 1.807) is 11.8 Å². The van der Waals surface area contributed by atoms with Crippen LogP contribution < -0.4 is 4.74 Å². The van der Waals surface area contributed by atoms with Crippen molar-refractivity contribution < 1.29 is 4.74 Å². The van der Waals surface area contributed by atoms with Crippen LogP contribution in [0, 0.1) is 20.8 Å². The molecule has 0 aliphatic rings. The van der Waals surface area contributed by atoms with Gasteiger partial charge in [0.15, 0.2) is 17.1 Å². The predicted octanol–water partition coefficient (Wildman–Crippen LogP) is 5.83. The van der Waals surface area contributed by atoms with Crippen molar-refractivity contribution in [2.24, 2.45) is 7.05 Å². The van der Waals surface area contributed by atoms with Crippen molar-refractivity contribution in [2.45, 2.75) is 44.7 Å². The quantitative estimate of drug-likeness (QED) is 0.487. The van der Waals surface area contributed by atoms with Crippen molar-refractivity contribution in [1.82, 2.24) is 14.8 Å². The molecule has 2 aromatic carbocycles. The fourth-order valence-corrected chi connectivity index (χ4v) is 4.05. The molecule has 142 valence electrons. The van der Waals surface area contributed by atoms with Crippen LogP contribution in [0.2, 0.25) is 5.02 Å². The molecule has 0 bridgehead atoms. The summed E-state index contributed by atoms with van der Waals surface area (Å²) in [4.78, 5) is 0. The highest BCUT2D eigenvalue weighted by atomic mass is 35.5. The maximum Gasteiger partial charge on any atom is 0.191 e. The number of hydrogen-bond acceptors (Lipinski definition) is 4. The van der Waals surface area contributed by atoms with Gasteiger partial charge in [0.2, 0.25) is 0 Å². The Labute approximate surface area is 169 Å². The van der Waals surface area contributed by atoms with Gasteiger partial charge in [-0.3, -0.25) is 0 Å². The zero-order valence-electron chi connectivity index (χ0n) is 16.3. The van der Waals surface area contributed by atoms with E-state index in [1.807, 2.05) is 44.5 Å². The standard InChI is InChI=1S/C21H24ClN3OS/c1-13-8-6-7-9-17(13)12-27-21-24-23-20(25(21)5)16(4)26-18-10-14(2)19(22)15(3)11-18/h6-11,16H,12H2,1-5H3. The Balaban J connectivity index is 1.71. The van der Waals surface area contributed by atoms with Gasteiger partial charge in [-0.25, -0.2) is 0 Å². The van der Waals surface area contributed by atoms with Gasteiger partial charge in [0.1, 0.15) is 5.75 Å². The summed E-state index contributed by atoms with van der Waals surface area (Å²) in [7, 11) is 1.98. The first-order valence-electron chi connectivity index (χ1n) is 8.86. The number of nitrogens with zero attached hydrogens (tertiary/aromatic N) is 3. The maximum absolute atomic E-state index is 6.24. The average Bonchev–Trinajstić information content (AvgIpc) is 2.99. The Bertz CT molecular complexity index is 931. The van der Waals surface area contributed by atoms with E-state index in [1.165, 1.54) is 11.1 Å². The summed E-state index contributed by atoms with van der Waals surface area (Å²) in [5.74, 6) is 2.45. The summed E-state index contributed by atoms with van der Waals surface area (Å²) >= 11 is 7.93. The number of aryl methyl sites for hydroxylation is 3. The lowest BCUT2D eigenvalue weighted by Gasteiger charge is -2.16. The molecule has 0 spiro atoms. The largest absolute Gasteiger partial charge is 0.483 e. The molecule has 1 unspecified atom stereocenters. The van der Waals surface area contributed by atoms with Crippen LogP contribution in [-0.4, -0.2) is 14.8 Å². The lowest BCUT2D eigenvalue weighted by Crippen LogP contribution is -2.10. The van der Waals surface area contributed by atoms with Gasteiger partial charge in [-0.15, -0.1) is 10.2 Å². The topological polar surface area (TPSA) is 39.9 Å². The zero-order valence-corrected chi connectivity index (χ0v) is 17.9. The van der Waals surface area contributed by atoms with E-state index in [9.17, 15) is 0 Å². The van der Waals surface area contributed by atoms with Crippen molar-refractivity contribution in [2.75, 3.05) is 0 Å². The van der Waals surface area contributed by atoms with E-state index in [0.717, 1.165) is 38.6 Å². The van der Waals surface area contributed by atoms with Gasteiger partial charge in [0.05, 0.1) is 0 Å². The molecule has 6 heteroatoms. The molecule has 0 saturated carbocycles. The van der Waals surface area contributed by atoms with Crippen LogP contribution in [0.1, 0.15) is 41.1 Å². The first kappa shape index (κ1) is 19.8. The van der Waals surface area contributed by atoms with Crippen molar-refractivity contribution in [3.05, 3.63) is 69.5 Å². The van der Waals surface area contributed by atoms with Crippen LogP contribution in [0.25, 0.3) is 0 Å². The van der Waals surface area contributed by atoms with Gasteiger partial charge < -0.3 is 9.30 Å². The molecule has 0 aliphatic heterocycles. The van der Waals surface area contributed by atoms with Crippen molar-refractivity contribution in [3.8, 4) is 5.75 Å². The predicted molar refractivity (Wildman–Crippen MR) is 112 cm³/mol. The van der Waals surface area contributed by atoms with Crippen molar-refractivity contribution >= 4 is 23.4 Å². The van der Waals surface area contributed by atoms with Gasteiger partial charge in [-0.1, -0.05) is 47.6 Å². The third kappa shape index (κ3) is 4.47. The second-order valence-corrected chi connectivity index (χ2v) is 8.07. The molecule has 0 radical (unpaired) electrons. The number of hydrogen-bond donors (Lipinski definition) is 0. The van der Waals surface area contributed by atoms with Gasteiger partial charge in [0.25, 0.3) is 0 Å². The summed E-state index contributed by atoms with van der Waals surface area (Å²) < 4.78 is 8.11. The number of halogens is 1. The minimum absolute atomic E-state index is 0.213. The Morgan fingerprint density at radius 3 is 2.41 bits per heavy atom. The van der Waals surface area contributed by atoms with E-state index in [-0.39, 0.29) is 6.10 Å². The van der Waals surface area contributed by atoms with Gasteiger partial charge >= 0.3 is 0 Å². The van der Waals surface area contributed by atoms with Gasteiger partial charge in [0, 0.05) is 17.8 Å². The normalized spacial score (nSPS) is 12.2. The van der Waals surface area contributed by atoms with Gasteiger partial charge in [-0.2, -0.15) is 0 Å². The first-order valence-corrected chi connectivity index (χ1v) is 10.2. The Hall–Kier alpha value is -1.98. The van der Waals surface area contributed by atoms with Crippen LogP contribution in [0.5, 0.6) is 5.75 Å². The van der Waals surface area contributed by atoms with Crippen molar-refractivity contribution in [1.29, 1.82) is 0 Å². The summed E-state index contributed by atoms with van der Waals surface area (Å²) in [5, 5.41) is 10.4. The number of rotatable bonds is 6. The van der Waals surface area contributed by atoms with Gasteiger partial charge in [-0.05, 0) is 62.1 Å². The Morgan fingerprint density at radius 2 is 1.74 bits per heavy atom. The summed E-state index contributed by atoms with van der Waals surface area (Å²) in [5.41, 5.74) is 4.61. The SMILES string of the molecule is Cc1ccccc1CSc1nnc(C(C)Oc2cc(C)c(Cl)c(C)c2)n1C. The first-order chi connectivity index (χ1) is 12.9. The molecule has 0 aliphatic carbocycles. The monoisotopic (exact) mass is 401 g/mol. The molecule has 3 rings (SSSR count). The molecule has 27 heavy (non-hydrogen) atoms. The molecular formula is C21H24ClN3OS. The molecule has 0 saturated heterocycles. The molecule has 1 aromatic heterocycles. The lowest BCUT2D eigenvalue weighted by atomic mass is 10.1. The molecular weight excluding hydrogens is 378 g/mol. The number of aromatic nitrogens is 3. The smallest absolute Gasteiger partial charge is 0.191 e. The second-order valence-electron chi connectivity index (χ2n) is 6.75. The molecule has 4 nitrogen and oxygen atoms in total. The third-order valence-corrected chi connectivity index (χ3v) is 6.24. The Morgan fingerprint density at radius 1 is 1.07 bits per heavy atom. The zero-order chi connectivity index (χ0) is 19.6. The second kappa shape index (κ2) is 8.36. The van der Waals surface area contributed by atoms with Crippen LogP contribution >= 0.6 is 23.4 Å². The van der Waals surface area contributed by atoms with Crippen LogP contribution in [0.3, 0.4) is 0 Å². The minimum Gasteiger partial charge on any atom is -0.483 e. The maximum atomic E-state index is 6.24. The van der Waals surface area contributed by atoms with E-state index < -0.39 is 0 Å². The summed E-state index contributed by atoms with van der Waals surface area (Å²) in [6.07, 6.45) is -0.213. The third-order valence-electron chi connectivity index (χ3n) is 4.57. The van der Waals surface area contributed by atoms with Crippen LogP contribution in [0.15, 0.2) is 41.6 Å². The summed E-state index contributed by atoms with van der Waals surface area (Å²) in [6, 6.07) is 12.3. The van der Waals surface area contributed by atoms with E-state index in [4.69, 9.17) is 16.3 Å². The fourth-order valence-electron chi connectivity index (χ4n) is 2.95. The molecule has 0 N–H and O–H groups in total. The average molecular weight is 402 g/mol. The summed E-state index contributed by atoms with van der Waals surface area (Å²) in [6.45, 7) is 8.08. The Kier molecular flexibility index (Phi) is 6.12. The van der Waals surface area contributed by atoms with E-state index in [0.29, 0.717) is 0 Å².